The fourth-order valence-electron chi connectivity index (χ4n) is 1.28. The SMILES string of the molecule is N#Cc1cc2cc(CO)sc2cc1Br. The zero-order valence-electron chi connectivity index (χ0n) is 7.12. The van der Waals surface area contributed by atoms with Gasteiger partial charge in [0.2, 0.25) is 0 Å². The Morgan fingerprint density at radius 3 is 2.86 bits per heavy atom. The number of nitrogens with zero attached hydrogens (tertiary/aromatic N) is 1. The lowest BCUT2D eigenvalue weighted by Crippen LogP contribution is -1.75. The second-order valence-corrected chi connectivity index (χ2v) is 4.88. The lowest BCUT2D eigenvalue weighted by Gasteiger charge is -1.94. The van der Waals surface area contributed by atoms with E-state index >= 15 is 0 Å². The number of hydrogen-bond acceptors (Lipinski definition) is 3. The van der Waals surface area contributed by atoms with Crippen LogP contribution in [0.1, 0.15) is 10.4 Å². The highest BCUT2D eigenvalue weighted by Crippen LogP contribution is 2.30. The largest absolute Gasteiger partial charge is 0.391 e. The first kappa shape index (κ1) is 9.66. The minimum Gasteiger partial charge on any atom is -0.391 e. The van der Waals surface area contributed by atoms with Crippen molar-refractivity contribution in [3.63, 3.8) is 0 Å². The third-order valence-corrected chi connectivity index (χ3v) is 3.67. The number of fused-ring (bicyclic) bond motifs is 1. The number of hydrogen-bond donors (Lipinski definition) is 1. The molecule has 0 bridgehead atoms. The molecule has 0 saturated heterocycles. The topological polar surface area (TPSA) is 44.0 Å². The van der Waals surface area contributed by atoms with Crippen LogP contribution in [0.4, 0.5) is 0 Å². The molecule has 2 aromatic rings. The number of rotatable bonds is 1. The van der Waals surface area contributed by atoms with Crippen LogP contribution in [0.25, 0.3) is 10.1 Å². The highest BCUT2D eigenvalue weighted by molar-refractivity contribution is 9.10. The number of aliphatic hydroxyl groups excluding tert-OH is 1. The molecule has 0 atom stereocenters. The van der Waals surface area contributed by atoms with Crippen LogP contribution in [-0.4, -0.2) is 5.11 Å². The Kier molecular flexibility index (Phi) is 2.55. The summed E-state index contributed by atoms with van der Waals surface area (Å²) in [6.07, 6.45) is 0. The van der Waals surface area contributed by atoms with Gasteiger partial charge < -0.3 is 5.11 Å². The van der Waals surface area contributed by atoms with E-state index in [9.17, 15) is 0 Å². The number of halogens is 1. The van der Waals surface area contributed by atoms with Crippen molar-refractivity contribution < 1.29 is 5.11 Å². The van der Waals surface area contributed by atoms with Gasteiger partial charge >= 0.3 is 0 Å². The standard InChI is InChI=1S/C10H6BrNOS/c11-9-3-10-6(1-7(9)4-12)2-8(5-13)14-10/h1-3,13H,5H2. The van der Waals surface area contributed by atoms with Crippen LogP contribution >= 0.6 is 27.3 Å². The predicted octanol–water partition coefficient (Wildman–Crippen LogP) is 3.03. The predicted molar refractivity (Wildman–Crippen MR) is 60.2 cm³/mol. The Bertz CT molecular complexity index is 527. The van der Waals surface area contributed by atoms with E-state index in [2.05, 4.69) is 22.0 Å². The van der Waals surface area contributed by atoms with E-state index in [0.717, 1.165) is 19.4 Å². The summed E-state index contributed by atoms with van der Waals surface area (Å²) in [6.45, 7) is 0.0544. The van der Waals surface area contributed by atoms with Gasteiger partial charge in [0.25, 0.3) is 0 Å². The summed E-state index contributed by atoms with van der Waals surface area (Å²) in [5.74, 6) is 0. The molecule has 0 unspecified atom stereocenters. The van der Waals surface area contributed by atoms with Crippen LogP contribution in [0.5, 0.6) is 0 Å². The van der Waals surface area contributed by atoms with E-state index in [1.807, 2.05) is 18.2 Å². The van der Waals surface area contributed by atoms with Gasteiger partial charge in [-0.1, -0.05) is 0 Å². The minimum atomic E-state index is 0.0544. The van der Waals surface area contributed by atoms with Crippen molar-refractivity contribution in [1.29, 1.82) is 5.26 Å². The zero-order valence-corrected chi connectivity index (χ0v) is 9.52. The van der Waals surface area contributed by atoms with E-state index in [4.69, 9.17) is 10.4 Å². The maximum atomic E-state index is 8.97. The monoisotopic (exact) mass is 267 g/mol. The first-order valence-corrected chi connectivity index (χ1v) is 5.58. The quantitative estimate of drug-likeness (QED) is 0.863. The van der Waals surface area contributed by atoms with Gasteiger partial charge in [0.05, 0.1) is 12.2 Å². The number of nitriles is 1. The molecule has 2 nitrogen and oxygen atoms in total. The van der Waals surface area contributed by atoms with E-state index in [-0.39, 0.29) is 6.61 Å². The molecule has 0 aliphatic heterocycles. The number of benzene rings is 1. The summed E-state index contributed by atoms with van der Waals surface area (Å²) < 4.78 is 1.89. The first-order chi connectivity index (χ1) is 6.74. The van der Waals surface area contributed by atoms with Gasteiger partial charge in [0.1, 0.15) is 6.07 Å². The van der Waals surface area contributed by atoms with Crippen LogP contribution in [0, 0.1) is 11.3 Å². The summed E-state index contributed by atoms with van der Waals surface area (Å²) in [6, 6.07) is 7.76. The first-order valence-electron chi connectivity index (χ1n) is 3.97. The molecule has 1 aromatic carbocycles. The molecule has 0 aliphatic carbocycles. The van der Waals surface area contributed by atoms with Crippen LogP contribution < -0.4 is 0 Å². The van der Waals surface area contributed by atoms with Crippen molar-refractivity contribution in [3.05, 3.63) is 33.1 Å². The summed E-state index contributed by atoms with van der Waals surface area (Å²) in [7, 11) is 0. The van der Waals surface area contributed by atoms with Gasteiger partial charge in [-0.3, -0.25) is 0 Å². The minimum absolute atomic E-state index is 0.0544. The molecular weight excluding hydrogens is 262 g/mol. The van der Waals surface area contributed by atoms with Crippen molar-refractivity contribution >= 4 is 37.4 Å². The van der Waals surface area contributed by atoms with Gasteiger partial charge in [-0.25, -0.2) is 0 Å². The smallest absolute Gasteiger partial charge is 0.100 e. The van der Waals surface area contributed by atoms with Crippen LogP contribution in [-0.2, 0) is 6.61 Å². The van der Waals surface area contributed by atoms with Crippen LogP contribution in [0.2, 0.25) is 0 Å². The van der Waals surface area contributed by atoms with E-state index < -0.39 is 0 Å². The molecule has 0 aliphatic rings. The molecule has 1 aromatic heterocycles. The summed E-state index contributed by atoms with van der Waals surface area (Å²) in [5.41, 5.74) is 0.625. The van der Waals surface area contributed by atoms with Gasteiger partial charge in [-0.15, -0.1) is 11.3 Å². The van der Waals surface area contributed by atoms with E-state index in [1.165, 1.54) is 0 Å². The lowest BCUT2D eigenvalue weighted by atomic mass is 10.2. The molecule has 0 amide bonds. The second kappa shape index (κ2) is 3.70. The van der Waals surface area contributed by atoms with Crippen molar-refractivity contribution in [1.82, 2.24) is 0 Å². The van der Waals surface area contributed by atoms with Gasteiger partial charge in [0.15, 0.2) is 0 Å². The number of thiophene rings is 1. The third-order valence-electron chi connectivity index (χ3n) is 1.93. The highest BCUT2D eigenvalue weighted by atomic mass is 79.9. The Morgan fingerprint density at radius 2 is 2.21 bits per heavy atom. The maximum absolute atomic E-state index is 8.97. The average molecular weight is 268 g/mol. The molecule has 0 spiro atoms. The Labute approximate surface area is 93.5 Å². The van der Waals surface area contributed by atoms with Gasteiger partial charge in [0, 0.05) is 14.0 Å². The molecule has 2 rings (SSSR count). The van der Waals surface area contributed by atoms with Crippen molar-refractivity contribution in [2.45, 2.75) is 6.61 Å². The van der Waals surface area contributed by atoms with Crippen LogP contribution in [0.15, 0.2) is 22.7 Å². The van der Waals surface area contributed by atoms with E-state index in [0.29, 0.717) is 5.56 Å². The third kappa shape index (κ3) is 1.55. The second-order valence-electron chi connectivity index (χ2n) is 2.85. The molecule has 4 heteroatoms. The van der Waals surface area contributed by atoms with Gasteiger partial charge in [-0.2, -0.15) is 5.26 Å². The molecule has 1 N–H and O–H groups in total. The van der Waals surface area contributed by atoms with Crippen molar-refractivity contribution in [2.75, 3.05) is 0 Å². The van der Waals surface area contributed by atoms with Crippen molar-refractivity contribution in [2.24, 2.45) is 0 Å². The normalized spacial score (nSPS) is 10.4. The fourth-order valence-corrected chi connectivity index (χ4v) is 2.81. The maximum Gasteiger partial charge on any atom is 0.100 e. The van der Waals surface area contributed by atoms with E-state index in [1.54, 1.807) is 11.3 Å². The van der Waals surface area contributed by atoms with Crippen molar-refractivity contribution in [3.8, 4) is 6.07 Å². The zero-order chi connectivity index (χ0) is 10.1. The average Bonchev–Trinajstić information content (AvgIpc) is 2.58. The summed E-state index contributed by atoms with van der Waals surface area (Å²) in [4.78, 5) is 0.919. The van der Waals surface area contributed by atoms with Gasteiger partial charge in [-0.05, 0) is 39.5 Å². The summed E-state index contributed by atoms with van der Waals surface area (Å²) >= 11 is 4.87. The molecule has 0 saturated carbocycles. The molecule has 0 radical (unpaired) electrons. The van der Waals surface area contributed by atoms with Crippen LogP contribution in [0.3, 0.4) is 0 Å². The molecule has 14 heavy (non-hydrogen) atoms. The lowest BCUT2D eigenvalue weighted by molar-refractivity contribution is 0.285. The molecule has 1 heterocycles. The Hall–Kier alpha value is -0.890. The number of aliphatic hydroxyl groups is 1. The Balaban J connectivity index is 2.71. The highest BCUT2D eigenvalue weighted by Gasteiger charge is 2.05. The Morgan fingerprint density at radius 1 is 1.43 bits per heavy atom. The molecular formula is C10H6BrNOS. The molecule has 0 fully saturated rings. The molecule has 70 valence electrons. The summed E-state index contributed by atoms with van der Waals surface area (Å²) in [5, 5.41) is 18.8. The fraction of sp³-hybridized carbons (Fsp3) is 0.100.